The number of nitrogens with zero attached hydrogens (tertiary/aromatic N) is 2. The highest BCUT2D eigenvalue weighted by atomic mass is 15.0. The lowest BCUT2D eigenvalue weighted by Crippen LogP contribution is -2.04. The number of nitrogens with two attached hydrogens (primary N) is 1. The van der Waals surface area contributed by atoms with Gasteiger partial charge in [-0.05, 0) is 37.6 Å². The molecule has 0 saturated carbocycles. The molecule has 0 spiro atoms. The monoisotopic (exact) mass is 252 g/mol. The fourth-order valence-electron chi connectivity index (χ4n) is 1.72. The third kappa shape index (κ3) is 3.02. The first-order valence-electron chi connectivity index (χ1n) is 5.99. The second-order valence-electron chi connectivity index (χ2n) is 4.39. The first kappa shape index (κ1) is 12.9. The number of aryl methyl sites for hydroxylation is 2. The van der Waals surface area contributed by atoms with E-state index in [4.69, 9.17) is 12.2 Å². The Labute approximate surface area is 113 Å². The molecule has 96 valence electrons. The highest BCUT2D eigenvalue weighted by molar-refractivity contribution is 5.62. The van der Waals surface area contributed by atoms with Crippen molar-refractivity contribution in [1.29, 1.82) is 0 Å². The van der Waals surface area contributed by atoms with Crippen LogP contribution in [0.4, 0.5) is 17.3 Å². The summed E-state index contributed by atoms with van der Waals surface area (Å²) in [5.74, 6) is 3.82. The Hall–Kier alpha value is -2.54. The molecule has 4 heteroatoms. The van der Waals surface area contributed by atoms with Crippen LogP contribution in [0.25, 0.3) is 0 Å². The van der Waals surface area contributed by atoms with E-state index in [0.717, 1.165) is 22.5 Å². The van der Waals surface area contributed by atoms with E-state index < -0.39 is 0 Å². The van der Waals surface area contributed by atoms with Gasteiger partial charge < -0.3 is 11.1 Å². The average Bonchev–Trinajstić information content (AvgIpc) is 2.38. The summed E-state index contributed by atoms with van der Waals surface area (Å²) in [6.45, 7) is 3.86. The van der Waals surface area contributed by atoms with Gasteiger partial charge in [-0.1, -0.05) is 0 Å². The molecule has 0 saturated heterocycles. The largest absolute Gasteiger partial charge is 0.383 e. The average molecular weight is 252 g/mol. The molecule has 0 aromatic carbocycles. The van der Waals surface area contributed by atoms with Crippen molar-refractivity contribution in [3.05, 3.63) is 41.2 Å². The zero-order valence-corrected chi connectivity index (χ0v) is 11.1. The van der Waals surface area contributed by atoms with Crippen LogP contribution in [0.2, 0.25) is 0 Å². The van der Waals surface area contributed by atoms with E-state index in [1.54, 1.807) is 6.20 Å². The van der Waals surface area contributed by atoms with Crippen molar-refractivity contribution < 1.29 is 0 Å². The van der Waals surface area contributed by atoms with E-state index in [-0.39, 0.29) is 0 Å². The smallest absolute Gasteiger partial charge is 0.137 e. The Morgan fingerprint density at radius 1 is 1.37 bits per heavy atom. The third-order valence-corrected chi connectivity index (χ3v) is 2.80. The Morgan fingerprint density at radius 2 is 2.16 bits per heavy atom. The fourth-order valence-corrected chi connectivity index (χ4v) is 1.72. The van der Waals surface area contributed by atoms with Crippen LogP contribution in [0.1, 0.15) is 16.8 Å². The van der Waals surface area contributed by atoms with Gasteiger partial charge in [0, 0.05) is 17.7 Å². The normalized spacial score (nSPS) is 9.95. The molecule has 2 heterocycles. The molecule has 0 fully saturated rings. The van der Waals surface area contributed by atoms with Crippen molar-refractivity contribution >= 4 is 17.3 Å². The highest BCUT2D eigenvalue weighted by Gasteiger charge is 2.07. The summed E-state index contributed by atoms with van der Waals surface area (Å²) in [6, 6.07) is 5.84. The number of hydrogen-bond acceptors (Lipinski definition) is 4. The number of anilines is 3. The maximum Gasteiger partial charge on any atom is 0.137 e. The zero-order valence-electron chi connectivity index (χ0n) is 11.1. The number of aromatic nitrogens is 2. The molecule has 0 aliphatic heterocycles. The van der Waals surface area contributed by atoms with Crippen LogP contribution >= 0.6 is 0 Å². The van der Waals surface area contributed by atoms with Crippen molar-refractivity contribution in [2.75, 3.05) is 11.1 Å². The van der Waals surface area contributed by atoms with E-state index in [1.165, 1.54) is 0 Å². The lowest BCUT2D eigenvalue weighted by atomic mass is 10.1. The van der Waals surface area contributed by atoms with E-state index in [1.807, 2.05) is 32.0 Å². The standard InChI is InChI=1S/C15H16N4/c1-4-5-12-8-10(2)14(16)19-15(12)18-13-7-6-11(3)17-9-13/h1,6-9H,5H2,2-3H3,(H3,16,18,19). The molecule has 0 bridgehead atoms. The van der Waals surface area contributed by atoms with Gasteiger partial charge in [-0.25, -0.2) is 4.98 Å². The predicted octanol–water partition coefficient (Wildman–Crippen LogP) is 2.59. The van der Waals surface area contributed by atoms with Crippen LogP contribution in [0.5, 0.6) is 0 Å². The summed E-state index contributed by atoms with van der Waals surface area (Å²) in [7, 11) is 0. The molecule has 0 atom stereocenters. The van der Waals surface area contributed by atoms with Crippen molar-refractivity contribution in [3.8, 4) is 12.3 Å². The predicted molar refractivity (Wildman–Crippen MR) is 78.2 cm³/mol. The molecule has 0 aliphatic carbocycles. The highest BCUT2D eigenvalue weighted by Crippen LogP contribution is 2.22. The van der Waals surface area contributed by atoms with Crippen LogP contribution in [0, 0.1) is 26.2 Å². The van der Waals surface area contributed by atoms with Crippen LogP contribution in [0.15, 0.2) is 24.4 Å². The lowest BCUT2D eigenvalue weighted by molar-refractivity contribution is 1.17. The van der Waals surface area contributed by atoms with Gasteiger partial charge in [0.25, 0.3) is 0 Å². The summed E-state index contributed by atoms with van der Waals surface area (Å²) >= 11 is 0. The summed E-state index contributed by atoms with van der Waals surface area (Å²) in [5.41, 5.74) is 9.55. The van der Waals surface area contributed by atoms with Crippen LogP contribution in [-0.4, -0.2) is 9.97 Å². The fraction of sp³-hybridized carbons (Fsp3) is 0.200. The van der Waals surface area contributed by atoms with Gasteiger partial charge >= 0.3 is 0 Å². The number of terminal acetylenes is 1. The molecule has 0 unspecified atom stereocenters. The number of rotatable bonds is 3. The molecule has 4 nitrogen and oxygen atoms in total. The Kier molecular flexibility index (Phi) is 3.67. The second-order valence-corrected chi connectivity index (χ2v) is 4.39. The Balaban J connectivity index is 2.35. The van der Waals surface area contributed by atoms with E-state index in [9.17, 15) is 0 Å². The van der Waals surface area contributed by atoms with E-state index in [0.29, 0.717) is 18.1 Å². The minimum atomic E-state index is 0.503. The summed E-state index contributed by atoms with van der Waals surface area (Å²) in [5, 5.41) is 3.20. The van der Waals surface area contributed by atoms with Crippen LogP contribution in [0.3, 0.4) is 0 Å². The van der Waals surface area contributed by atoms with Crippen molar-refractivity contribution in [1.82, 2.24) is 9.97 Å². The van der Waals surface area contributed by atoms with Gasteiger partial charge in [0.2, 0.25) is 0 Å². The second kappa shape index (κ2) is 5.40. The molecule has 0 amide bonds. The summed E-state index contributed by atoms with van der Waals surface area (Å²) in [4.78, 5) is 8.58. The molecule has 2 rings (SSSR count). The molecule has 3 N–H and O–H groups in total. The molecule has 19 heavy (non-hydrogen) atoms. The van der Waals surface area contributed by atoms with Crippen LogP contribution in [-0.2, 0) is 6.42 Å². The zero-order chi connectivity index (χ0) is 13.8. The Bertz CT molecular complexity index is 624. The minimum absolute atomic E-state index is 0.503. The minimum Gasteiger partial charge on any atom is -0.383 e. The molecule has 2 aromatic heterocycles. The quantitative estimate of drug-likeness (QED) is 0.824. The van der Waals surface area contributed by atoms with Gasteiger partial charge in [0.05, 0.1) is 11.9 Å². The van der Waals surface area contributed by atoms with Crippen molar-refractivity contribution in [2.24, 2.45) is 0 Å². The van der Waals surface area contributed by atoms with E-state index >= 15 is 0 Å². The third-order valence-electron chi connectivity index (χ3n) is 2.80. The molecule has 0 aliphatic rings. The number of hydrogen-bond donors (Lipinski definition) is 2. The molecular weight excluding hydrogens is 236 g/mol. The van der Waals surface area contributed by atoms with Crippen molar-refractivity contribution in [2.45, 2.75) is 20.3 Å². The molecule has 0 radical (unpaired) electrons. The SMILES string of the molecule is C#CCc1cc(C)c(N)nc1Nc1ccc(C)nc1. The maximum absolute atomic E-state index is 5.85. The number of nitrogens with one attached hydrogen (secondary N) is 1. The first-order chi connectivity index (χ1) is 9.10. The first-order valence-corrected chi connectivity index (χ1v) is 5.99. The maximum atomic E-state index is 5.85. The van der Waals surface area contributed by atoms with Gasteiger partial charge in [0.1, 0.15) is 11.6 Å². The van der Waals surface area contributed by atoms with Gasteiger partial charge in [-0.15, -0.1) is 12.3 Å². The van der Waals surface area contributed by atoms with Crippen LogP contribution < -0.4 is 11.1 Å². The number of pyridine rings is 2. The molecular formula is C15H16N4. The lowest BCUT2D eigenvalue weighted by Gasteiger charge is -2.12. The summed E-state index contributed by atoms with van der Waals surface area (Å²) in [6.07, 6.45) is 7.65. The number of nitrogen functional groups attached to an aromatic ring is 1. The Morgan fingerprint density at radius 3 is 2.79 bits per heavy atom. The summed E-state index contributed by atoms with van der Waals surface area (Å²) < 4.78 is 0. The van der Waals surface area contributed by atoms with E-state index in [2.05, 4.69) is 21.2 Å². The van der Waals surface area contributed by atoms with Crippen molar-refractivity contribution in [3.63, 3.8) is 0 Å². The van der Waals surface area contributed by atoms with Gasteiger partial charge in [-0.3, -0.25) is 4.98 Å². The topological polar surface area (TPSA) is 63.8 Å². The van der Waals surface area contributed by atoms with Gasteiger partial charge in [-0.2, -0.15) is 0 Å². The van der Waals surface area contributed by atoms with Gasteiger partial charge in [0.15, 0.2) is 0 Å². The molecule has 2 aromatic rings.